The van der Waals surface area contributed by atoms with Crippen molar-refractivity contribution < 1.29 is 4.79 Å². The molecular weight excluding hydrogens is 370 g/mol. The molecule has 21 heavy (non-hydrogen) atoms. The van der Waals surface area contributed by atoms with Crippen LogP contribution in [0.1, 0.15) is 9.67 Å². The topological polar surface area (TPSA) is 58.6 Å². The fraction of sp³-hybridized carbons (Fsp3) is 0.0714. The maximum absolute atomic E-state index is 11.9. The van der Waals surface area contributed by atoms with E-state index >= 15 is 0 Å². The molecule has 0 amide bonds. The first-order valence-electron chi connectivity index (χ1n) is 6.11. The Morgan fingerprint density at radius 1 is 1.29 bits per heavy atom. The molecule has 1 N–H and O–H groups in total. The van der Waals surface area contributed by atoms with Crippen molar-refractivity contribution in [2.24, 2.45) is 0 Å². The lowest BCUT2D eigenvalue weighted by Gasteiger charge is -1.98. The normalized spacial score (nSPS) is 10.7. The van der Waals surface area contributed by atoms with Crippen molar-refractivity contribution in [3.05, 3.63) is 51.1 Å². The predicted molar refractivity (Wildman–Crippen MR) is 88.9 cm³/mol. The maximum atomic E-state index is 11.9. The van der Waals surface area contributed by atoms with E-state index in [1.54, 1.807) is 0 Å². The summed E-state index contributed by atoms with van der Waals surface area (Å²) in [7, 11) is 0. The second-order valence-corrected chi connectivity index (χ2v) is 6.88. The molecule has 7 heteroatoms. The lowest BCUT2D eigenvalue weighted by atomic mass is 10.2. The highest BCUT2D eigenvalue weighted by atomic mass is 79.9. The lowest BCUT2D eigenvalue weighted by molar-refractivity contribution is 0.102. The number of nitrogens with one attached hydrogen (secondary N) is 1. The highest BCUT2D eigenvalue weighted by Gasteiger charge is 2.12. The third kappa shape index (κ3) is 3.42. The number of aromatic nitrogens is 3. The molecule has 2 heterocycles. The minimum Gasteiger partial charge on any atom is -0.292 e. The molecule has 0 spiro atoms. The molecule has 4 nitrogen and oxygen atoms in total. The zero-order valence-corrected chi connectivity index (χ0v) is 14.0. The van der Waals surface area contributed by atoms with Gasteiger partial charge >= 0.3 is 0 Å². The van der Waals surface area contributed by atoms with Crippen molar-refractivity contribution in [3.63, 3.8) is 0 Å². The highest BCUT2D eigenvalue weighted by molar-refractivity contribution is 9.10. The van der Waals surface area contributed by atoms with Gasteiger partial charge < -0.3 is 0 Å². The monoisotopic (exact) mass is 379 g/mol. The van der Waals surface area contributed by atoms with Crippen LogP contribution >= 0.6 is 39.0 Å². The van der Waals surface area contributed by atoms with Crippen LogP contribution in [-0.2, 0) is 0 Å². The van der Waals surface area contributed by atoms with Gasteiger partial charge in [0.2, 0.25) is 5.16 Å². The SMILES string of the molecule is O=C(CSc1n[nH]c(-c2ccccc2Br)n1)c1cccs1. The number of thiophene rings is 1. The molecule has 0 fully saturated rings. The lowest BCUT2D eigenvalue weighted by Crippen LogP contribution is -1.99. The predicted octanol–water partition coefficient (Wildman–Crippen LogP) is 4.27. The second kappa shape index (κ2) is 6.55. The van der Waals surface area contributed by atoms with E-state index < -0.39 is 0 Å². The van der Waals surface area contributed by atoms with Crippen molar-refractivity contribution in [1.29, 1.82) is 0 Å². The molecule has 0 bridgehead atoms. The van der Waals surface area contributed by atoms with Crippen molar-refractivity contribution in [1.82, 2.24) is 15.2 Å². The number of nitrogens with zero attached hydrogens (tertiary/aromatic N) is 2. The zero-order valence-electron chi connectivity index (χ0n) is 10.7. The molecule has 0 aliphatic heterocycles. The number of hydrogen-bond donors (Lipinski definition) is 1. The van der Waals surface area contributed by atoms with Crippen LogP contribution in [0.4, 0.5) is 0 Å². The Morgan fingerprint density at radius 3 is 2.90 bits per heavy atom. The highest BCUT2D eigenvalue weighted by Crippen LogP contribution is 2.26. The fourth-order valence-corrected chi connectivity index (χ4v) is 3.63. The summed E-state index contributed by atoms with van der Waals surface area (Å²) in [6, 6.07) is 11.5. The van der Waals surface area contributed by atoms with E-state index in [1.165, 1.54) is 23.1 Å². The van der Waals surface area contributed by atoms with E-state index in [0.29, 0.717) is 16.7 Å². The van der Waals surface area contributed by atoms with Crippen LogP contribution in [-0.4, -0.2) is 26.7 Å². The third-order valence-corrected chi connectivity index (χ3v) is 5.17. The summed E-state index contributed by atoms with van der Waals surface area (Å²) in [5.41, 5.74) is 0.946. The van der Waals surface area contributed by atoms with Gasteiger partial charge in [-0.3, -0.25) is 9.89 Å². The van der Waals surface area contributed by atoms with Crippen molar-refractivity contribution in [2.75, 3.05) is 5.75 Å². The smallest absolute Gasteiger partial charge is 0.209 e. The molecule has 0 saturated heterocycles. The van der Waals surface area contributed by atoms with Gasteiger partial charge in [-0.2, -0.15) is 0 Å². The Balaban J connectivity index is 1.69. The average molecular weight is 380 g/mol. The van der Waals surface area contributed by atoms with Crippen LogP contribution in [0, 0.1) is 0 Å². The summed E-state index contributed by atoms with van der Waals surface area (Å²) in [5, 5.41) is 9.52. The molecule has 0 unspecified atom stereocenters. The summed E-state index contributed by atoms with van der Waals surface area (Å²) in [6.45, 7) is 0. The van der Waals surface area contributed by atoms with Gasteiger partial charge in [-0.05, 0) is 17.5 Å². The van der Waals surface area contributed by atoms with Gasteiger partial charge in [0.1, 0.15) is 0 Å². The minimum atomic E-state index is 0.0993. The van der Waals surface area contributed by atoms with Crippen LogP contribution in [0.15, 0.2) is 51.4 Å². The number of aromatic amines is 1. The van der Waals surface area contributed by atoms with Gasteiger partial charge in [0.15, 0.2) is 11.6 Å². The molecule has 2 aromatic heterocycles. The molecule has 0 aliphatic rings. The summed E-state index contributed by atoms with van der Waals surface area (Å²) in [5.74, 6) is 1.13. The molecule has 0 saturated carbocycles. The van der Waals surface area contributed by atoms with Crippen LogP contribution in [0.2, 0.25) is 0 Å². The van der Waals surface area contributed by atoms with Crippen LogP contribution in [0.25, 0.3) is 11.4 Å². The Morgan fingerprint density at radius 2 is 2.14 bits per heavy atom. The van der Waals surface area contributed by atoms with Crippen molar-refractivity contribution in [3.8, 4) is 11.4 Å². The molecule has 1 aromatic carbocycles. The van der Waals surface area contributed by atoms with Gasteiger partial charge in [-0.15, -0.1) is 16.4 Å². The van der Waals surface area contributed by atoms with E-state index in [-0.39, 0.29) is 5.78 Å². The van der Waals surface area contributed by atoms with E-state index in [1.807, 2.05) is 41.8 Å². The van der Waals surface area contributed by atoms with E-state index in [9.17, 15) is 4.79 Å². The Hall–Kier alpha value is -1.44. The number of benzene rings is 1. The molecule has 0 atom stereocenters. The van der Waals surface area contributed by atoms with E-state index in [4.69, 9.17) is 0 Å². The average Bonchev–Trinajstić information content (AvgIpc) is 3.17. The number of carbonyl (C=O) groups excluding carboxylic acids is 1. The Kier molecular flexibility index (Phi) is 4.52. The van der Waals surface area contributed by atoms with E-state index in [0.717, 1.165) is 14.9 Å². The number of rotatable bonds is 5. The van der Waals surface area contributed by atoms with Crippen molar-refractivity contribution >= 4 is 44.8 Å². The van der Waals surface area contributed by atoms with Gasteiger partial charge in [0.05, 0.1) is 10.6 Å². The van der Waals surface area contributed by atoms with Crippen LogP contribution < -0.4 is 0 Å². The molecule has 106 valence electrons. The number of carbonyl (C=O) groups is 1. The van der Waals surface area contributed by atoms with Gasteiger partial charge in [0.25, 0.3) is 0 Å². The van der Waals surface area contributed by atoms with E-state index in [2.05, 4.69) is 31.1 Å². The molecule has 0 radical (unpaired) electrons. The summed E-state index contributed by atoms with van der Waals surface area (Å²) < 4.78 is 0.951. The van der Waals surface area contributed by atoms with Crippen molar-refractivity contribution in [2.45, 2.75) is 5.16 Å². The summed E-state index contributed by atoms with van der Waals surface area (Å²) in [4.78, 5) is 17.1. The fourth-order valence-electron chi connectivity index (χ4n) is 1.72. The number of Topliss-reactive ketones (excluding diaryl/α,β-unsaturated/α-hetero) is 1. The van der Waals surface area contributed by atoms with Crippen LogP contribution in [0.3, 0.4) is 0 Å². The Bertz CT molecular complexity index is 755. The molecule has 0 aliphatic carbocycles. The first-order valence-corrected chi connectivity index (χ1v) is 8.76. The Labute approximate surface area is 138 Å². The molecular formula is C14H10BrN3OS2. The number of hydrogen-bond acceptors (Lipinski definition) is 5. The number of halogens is 1. The zero-order chi connectivity index (χ0) is 14.7. The molecule has 3 aromatic rings. The quantitative estimate of drug-likeness (QED) is 0.531. The first kappa shape index (κ1) is 14.5. The first-order chi connectivity index (χ1) is 10.2. The standard InChI is InChI=1S/C14H10BrN3OS2/c15-10-5-2-1-4-9(10)13-16-14(18-17-13)21-8-11(19)12-6-3-7-20-12/h1-7H,8H2,(H,16,17,18). The largest absolute Gasteiger partial charge is 0.292 e. The number of ketones is 1. The van der Waals surface area contributed by atoms with Gasteiger partial charge in [0, 0.05) is 10.0 Å². The molecule has 3 rings (SSSR count). The number of thioether (sulfide) groups is 1. The maximum Gasteiger partial charge on any atom is 0.209 e. The van der Waals surface area contributed by atoms with Gasteiger partial charge in [-0.1, -0.05) is 52.0 Å². The third-order valence-electron chi connectivity index (χ3n) is 2.72. The summed E-state index contributed by atoms with van der Waals surface area (Å²) >= 11 is 6.27. The van der Waals surface area contributed by atoms with Crippen LogP contribution in [0.5, 0.6) is 0 Å². The number of H-pyrrole nitrogens is 1. The summed E-state index contributed by atoms with van der Waals surface area (Å²) in [6.07, 6.45) is 0. The van der Waals surface area contributed by atoms with Gasteiger partial charge in [-0.25, -0.2) is 4.98 Å². The minimum absolute atomic E-state index is 0.0993. The second-order valence-electron chi connectivity index (χ2n) is 4.14.